The first kappa shape index (κ1) is 17.0. The summed E-state index contributed by atoms with van der Waals surface area (Å²) in [5, 5.41) is 12.3. The minimum atomic E-state index is -0.809. The molecule has 27 heavy (non-hydrogen) atoms. The average molecular weight is 358 g/mol. The minimum Gasteiger partial charge on any atom is -0.618 e. The zero-order chi connectivity index (χ0) is 19.0. The fourth-order valence-corrected chi connectivity index (χ4v) is 3.13. The number of aromatic nitrogens is 1. The van der Waals surface area contributed by atoms with E-state index in [-0.39, 0.29) is 5.78 Å². The number of nitrogens with zero attached hydrogens (tertiary/aromatic N) is 2. The molecule has 1 aliphatic rings. The van der Waals surface area contributed by atoms with E-state index in [1.165, 1.54) is 6.20 Å². The number of hydrogen-bond acceptors (Lipinski definition) is 4. The first-order valence-electron chi connectivity index (χ1n) is 8.66. The number of aliphatic imine (C=N–C) groups is 1. The molecule has 0 radical (unpaired) electrons. The normalized spacial score (nSPS) is 14.7. The van der Waals surface area contributed by atoms with Crippen LogP contribution < -0.4 is 9.47 Å². The Morgan fingerprint density at radius 1 is 1.00 bits per heavy atom. The average Bonchev–Trinajstić information content (AvgIpc) is 2.67. The highest BCUT2D eigenvalue weighted by molar-refractivity contribution is 6.16. The quantitative estimate of drug-likeness (QED) is 0.409. The molecular weight excluding hydrogens is 340 g/mol. The van der Waals surface area contributed by atoms with E-state index in [2.05, 4.69) is 4.99 Å². The van der Waals surface area contributed by atoms with E-state index >= 15 is 0 Å². The number of rotatable bonds is 3. The minimum absolute atomic E-state index is 0.0920. The molecule has 0 N–H and O–H groups in total. The summed E-state index contributed by atoms with van der Waals surface area (Å²) in [6.45, 7) is 3.66. The zero-order valence-corrected chi connectivity index (χ0v) is 15.0. The summed E-state index contributed by atoms with van der Waals surface area (Å²) >= 11 is 0. The smallest absolute Gasteiger partial charge is 0.242 e. The van der Waals surface area contributed by atoms with Crippen molar-refractivity contribution in [1.29, 1.82) is 0 Å². The van der Waals surface area contributed by atoms with E-state index < -0.39 is 5.72 Å². The Morgan fingerprint density at radius 3 is 2.48 bits per heavy atom. The van der Waals surface area contributed by atoms with E-state index in [1.807, 2.05) is 32.0 Å². The first-order valence-corrected chi connectivity index (χ1v) is 8.66. The summed E-state index contributed by atoms with van der Waals surface area (Å²) in [6.07, 6.45) is 1.43. The van der Waals surface area contributed by atoms with E-state index in [9.17, 15) is 10.0 Å². The lowest BCUT2D eigenvalue weighted by atomic mass is 9.96. The van der Waals surface area contributed by atoms with E-state index in [1.54, 1.807) is 48.5 Å². The van der Waals surface area contributed by atoms with Gasteiger partial charge >= 0.3 is 0 Å². The maximum Gasteiger partial charge on any atom is 0.242 e. The van der Waals surface area contributed by atoms with Crippen molar-refractivity contribution in [3.8, 4) is 5.75 Å². The van der Waals surface area contributed by atoms with Gasteiger partial charge in [-0.2, -0.15) is 4.73 Å². The number of fused-ring (bicyclic) bond motifs is 1. The van der Waals surface area contributed by atoms with Crippen LogP contribution in [-0.2, 0) is 0 Å². The van der Waals surface area contributed by atoms with Gasteiger partial charge in [-0.05, 0) is 38.1 Å². The van der Waals surface area contributed by atoms with Crippen molar-refractivity contribution in [3.05, 3.63) is 101 Å². The molecule has 5 nitrogen and oxygen atoms in total. The summed E-state index contributed by atoms with van der Waals surface area (Å²) in [5.74, 6) is 0.504. The Balaban J connectivity index is 1.85. The summed E-state index contributed by atoms with van der Waals surface area (Å²) in [4.78, 5) is 17.4. The number of pyridine rings is 1. The van der Waals surface area contributed by atoms with Gasteiger partial charge in [-0.25, -0.2) is 4.99 Å². The Kier molecular flexibility index (Phi) is 4.00. The molecule has 0 bridgehead atoms. The Hall–Kier alpha value is -3.47. The molecule has 134 valence electrons. The molecule has 0 spiro atoms. The summed E-state index contributed by atoms with van der Waals surface area (Å²) < 4.78 is 6.71. The van der Waals surface area contributed by atoms with Crippen LogP contribution in [0.15, 0.2) is 77.9 Å². The van der Waals surface area contributed by atoms with Gasteiger partial charge in [-0.15, -0.1) is 0 Å². The number of carbonyl (C=O) groups is 1. The predicted octanol–water partition coefficient (Wildman–Crippen LogP) is 3.52. The zero-order valence-electron chi connectivity index (χ0n) is 15.0. The SMILES string of the molecule is CC1(C)N=C(c2cccc[n+]2[O-])c2cc(C(=O)c3ccccc3)ccc2O1. The summed E-state index contributed by atoms with van der Waals surface area (Å²) in [5.41, 5.74) is 1.87. The van der Waals surface area contributed by atoms with Crippen LogP contribution in [0.4, 0.5) is 0 Å². The third kappa shape index (κ3) is 3.19. The first-order chi connectivity index (χ1) is 12.9. The van der Waals surface area contributed by atoms with Gasteiger partial charge in [0.05, 0.1) is 0 Å². The molecule has 0 saturated heterocycles. The van der Waals surface area contributed by atoms with Gasteiger partial charge in [0.15, 0.2) is 17.7 Å². The fraction of sp³-hybridized carbons (Fsp3) is 0.136. The number of ketones is 1. The molecule has 1 aliphatic heterocycles. The number of ether oxygens (including phenoxy) is 1. The molecule has 0 saturated carbocycles. The highest BCUT2D eigenvalue weighted by Crippen LogP contribution is 2.33. The molecule has 2 aromatic carbocycles. The lowest BCUT2D eigenvalue weighted by Gasteiger charge is -2.29. The van der Waals surface area contributed by atoms with Crippen molar-refractivity contribution in [2.24, 2.45) is 4.99 Å². The highest BCUT2D eigenvalue weighted by atomic mass is 16.5. The molecule has 0 unspecified atom stereocenters. The van der Waals surface area contributed by atoms with Crippen LogP contribution in [0.3, 0.4) is 0 Å². The Labute approximate surface area is 157 Å². The van der Waals surface area contributed by atoms with Crippen LogP contribution in [0.1, 0.15) is 41.0 Å². The molecule has 3 aromatic rings. The van der Waals surface area contributed by atoms with Crippen LogP contribution in [-0.4, -0.2) is 17.2 Å². The molecule has 2 heterocycles. The number of benzene rings is 2. The third-order valence-electron chi connectivity index (χ3n) is 4.34. The van der Waals surface area contributed by atoms with E-state index in [4.69, 9.17) is 4.74 Å². The van der Waals surface area contributed by atoms with Gasteiger partial charge in [0.2, 0.25) is 5.69 Å². The molecule has 0 amide bonds. The maximum atomic E-state index is 12.8. The fourth-order valence-electron chi connectivity index (χ4n) is 3.13. The van der Waals surface area contributed by atoms with Crippen LogP contribution >= 0.6 is 0 Å². The van der Waals surface area contributed by atoms with Gasteiger partial charge in [0.1, 0.15) is 11.5 Å². The maximum absolute atomic E-state index is 12.8. The largest absolute Gasteiger partial charge is 0.618 e. The van der Waals surface area contributed by atoms with Crippen molar-refractivity contribution in [3.63, 3.8) is 0 Å². The lowest BCUT2D eigenvalue weighted by molar-refractivity contribution is -0.606. The molecule has 0 fully saturated rings. The Morgan fingerprint density at radius 2 is 1.74 bits per heavy atom. The van der Waals surface area contributed by atoms with Gasteiger partial charge in [-0.1, -0.05) is 30.3 Å². The van der Waals surface area contributed by atoms with Gasteiger partial charge < -0.3 is 9.94 Å². The molecular formula is C22H18N2O3. The molecule has 5 heteroatoms. The molecule has 4 rings (SSSR count). The van der Waals surface area contributed by atoms with Crippen molar-refractivity contribution in [2.45, 2.75) is 19.6 Å². The van der Waals surface area contributed by atoms with Crippen LogP contribution in [0, 0.1) is 5.21 Å². The van der Waals surface area contributed by atoms with Gasteiger partial charge in [0, 0.05) is 28.8 Å². The monoisotopic (exact) mass is 358 g/mol. The van der Waals surface area contributed by atoms with E-state index in [0.29, 0.717) is 33.8 Å². The molecule has 0 aliphatic carbocycles. The molecule has 1 aromatic heterocycles. The number of hydrogen-bond donors (Lipinski definition) is 0. The summed E-state index contributed by atoms with van der Waals surface area (Å²) in [7, 11) is 0. The molecule has 0 atom stereocenters. The van der Waals surface area contributed by atoms with E-state index in [0.717, 1.165) is 4.73 Å². The predicted molar refractivity (Wildman–Crippen MR) is 102 cm³/mol. The highest BCUT2D eigenvalue weighted by Gasteiger charge is 2.32. The Bertz CT molecular complexity index is 1060. The summed E-state index contributed by atoms with van der Waals surface area (Å²) in [6, 6.07) is 19.5. The van der Waals surface area contributed by atoms with Crippen LogP contribution in [0.2, 0.25) is 0 Å². The standard InChI is InChI=1S/C22H18N2O3/c1-22(2)23-20(18-10-6-7-13-24(18)26)17-14-16(11-12-19(17)27-22)21(25)15-8-4-3-5-9-15/h3-14H,1-2H3. The van der Waals surface area contributed by atoms with Crippen molar-refractivity contribution in [2.75, 3.05) is 0 Å². The van der Waals surface area contributed by atoms with Crippen LogP contribution in [0.5, 0.6) is 5.75 Å². The third-order valence-corrected chi connectivity index (χ3v) is 4.34. The second kappa shape index (κ2) is 6.36. The van der Waals surface area contributed by atoms with Crippen molar-refractivity contribution >= 4 is 11.5 Å². The van der Waals surface area contributed by atoms with Crippen LogP contribution in [0.25, 0.3) is 0 Å². The van der Waals surface area contributed by atoms with Gasteiger partial charge in [-0.3, -0.25) is 4.79 Å². The topological polar surface area (TPSA) is 65.6 Å². The van der Waals surface area contributed by atoms with Crippen molar-refractivity contribution in [1.82, 2.24) is 0 Å². The number of carbonyl (C=O) groups excluding carboxylic acids is 1. The second-order valence-corrected chi connectivity index (χ2v) is 6.83. The van der Waals surface area contributed by atoms with Gasteiger partial charge in [0.25, 0.3) is 0 Å². The van der Waals surface area contributed by atoms with Crippen molar-refractivity contribution < 1.29 is 14.3 Å². The second-order valence-electron chi connectivity index (χ2n) is 6.83. The lowest BCUT2D eigenvalue weighted by Crippen LogP contribution is -2.39.